The highest BCUT2D eigenvalue weighted by atomic mass is 19.1. The second kappa shape index (κ2) is 9.90. The molecule has 0 aliphatic heterocycles. The predicted octanol–water partition coefficient (Wildman–Crippen LogP) is 2.52. The number of hydrogen-bond donors (Lipinski definition) is 3. The van der Waals surface area contributed by atoms with Crippen LogP contribution in [0.3, 0.4) is 0 Å². The Kier molecular flexibility index (Phi) is 8.22. The number of aliphatic imine (C=N–C) groups is 1. The summed E-state index contributed by atoms with van der Waals surface area (Å²) in [5.41, 5.74) is 1.49. The average molecular weight is 336 g/mol. The van der Waals surface area contributed by atoms with E-state index in [0.717, 1.165) is 12.1 Å². The molecule has 6 heteroatoms. The molecular formula is C18H29FN4O. The van der Waals surface area contributed by atoms with Crippen LogP contribution in [0.1, 0.15) is 44.9 Å². The summed E-state index contributed by atoms with van der Waals surface area (Å²) in [6.07, 6.45) is 0. The van der Waals surface area contributed by atoms with E-state index in [4.69, 9.17) is 0 Å². The number of benzene rings is 1. The summed E-state index contributed by atoms with van der Waals surface area (Å²) in [6.45, 7) is 11.1. The highest BCUT2D eigenvalue weighted by Gasteiger charge is 2.10. The predicted molar refractivity (Wildman–Crippen MR) is 96.5 cm³/mol. The van der Waals surface area contributed by atoms with Crippen LogP contribution in [-0.4, -0.2) is 31.5 Å². The minimum atomic E-state index is -0.209. The van der Waals surface area contributed by atoms with E-state index in [0.29, 0.717) is 24.6 Å². The van der Waals surface area contributed by atoms with E-state index >= 15 is 0 Å². The summed E-state index contributed by atoms with van der Waals surface area (Å²) in [5, 5.41) is 9.23. The highest BCUT2D eigenvalue weighted by molar-refractivity contribution is 5.80. The molecule has 134 valence electrons. The van der Waals surface area contributed by atoms with Crippen molar-refractivity contribution in [2.75, 3.05) is 19.6 Å². The molecule has 0 saturated carbocycles. The number of nitrogens with zero attached hydrogens (tertiary/aromatic N) is 1. The normalized spacial score (nSPS) is 12.9. The van der Waals surface area contributed by atoms with Gasteiger partial charge < -0.3 is 16.0 Å². The van der Waals surface area contributed by atoms with Crippen LogP contribution in [0.25, 0.3) is 0 Å². The van der Waals surface area contributed by atoms with Gasteiger partial charge in [-0.2, -0.15) is 0 Å². The molecule has 1 unspecified atom stereocenters. The van der Waals surface area contributed by atoms with Crippen molar-refractivity contribution < 1.29 is 9.18 Å². The summed E-state index contributed by atoms with van der Waals surface area (Å²) in [4.78, 5) is 15.9. The SMILES string of the molecule is CCNC(=NCCNC(=O)C(C)C)NC(C)c1ccc(C)c(F)c1. The van der Waals surface area contributed by atoms with Gasteiger partial charge in [-0.25, -0.2) is 4.39 Å². The molecule has 0 bridgehead atoms. The van der Waals surface area contributed by atoms with Crippen LogP contribution in [0.2, 0.25) is 0 Å². The Morgan fingerprint density at radius 1 is 1.25 bits per heavy atom. The van der Waals surface area contributed by atoms with Gasteiger partial charge in [-0.3, -0.25) is 9.79 Å². The topological polar surface area (TPSA) is 65.5 Å². The van der Waals surface area contributed by atoms with Crippen LogP contribution in [0, 0.1) is 18.7 Å². The third-order valence-electron chi connectivity index (χ3n) is 3.60. The Bertz CT molecular complexity index is 572. The molecule has 0 aliphatic carbocycles. The van der Waals surface area contributed by atoms with E-state index in [9.17, 15) is 9.18 Å². The molecule has 1 atom stereocenters. The van der Waals surface area contributed by atoms with Crippen LogP contribution >= 0.6 is 0 Å². The summed E-state index contributed by atoms with van der Waals surface area (Å²) < 4.78 is 13.7. The van der Waals surface area contributed by atoms with E-state index in [1.165, 1.54) is 0 Å². The van der Waals surface area contributed by atoms with Crippen molar-refractivity contribution >= 4 is 11.9 Å². The Morgan fingerprint density at radius 2 is 1.96 bits per heavy atom. The van der Waals surface area contributed by atoms with E-state index in [2.05, 4.69) is 20.9 Å². The number of amides is 1. The lowest BCUT2D eigenvalue weighted by Crippen LogP contribution is -2.39. The fraction of sp³-hybridized carbons (Fsp3) is 0.556. The second-order valence-electron chi connectivity index (χ2n) is 6.08. The summed E-state index contributed by atoms with van der Waals surface area (Å²) in [6, 6.07) is 5.14. The maximum Gasteiger partial charge on any atom is 0.222 e. The van der Waals surface area contributed by atoms with Crippen molar-refractivity contribution in [3.8, 4) is 0 Å². The monoisotopic (exact) mass is 336 g/mol. The van der Waals surface area contributed by atoms with Gasteiger partial charge in [0.15, 0.2) is 5.96 Å². The molecule has 0 aliphatic rings. The number of halogens is 1. The zero-order chi connectivity index (χ0) is 18.1. The summed E-state index contributed by atoms with van der Waals surface area (Å²) >= 11 is 0. The molecule has 0 aromatic heterocycles. The van der Waals surface area contributed by atoms with Gasteiger partial charge in [-0.15, -0.1) is 0 Å². The van der Waals surface area contributed by atoms with Gasteiger partial charge in [0.1, 0.15) is 5.82 Å². The van der Waals surface area contributed by atoms with Crippen molar-refractivity contribution in [2.45, 2.75) is 40.7 Å². The lowest BCUT2D eigenvalue weighted by molar-refractivity contribution is -0.123. The first-order valence-corrected chi connectivity index (χ1v) is 8.43. The molecule has 3 N–H and O–H groups in total. The molecule has 0 saturated heterocycles. The maximum atomic E-state index is 13.7. The first-order valence-electron chi connectivity index (χ1n) is 8.43. The quantitative estimate of drug-likeness (QED) is 0.407. The van der Waals surface area contributed by atoms with E-state index in [-0.39, 0.29) is 23.7 Å². The Labute approximate surface area is 144 Å². The molecule has 0 heterocycles. The van der Waals surface area contributed by atoms with Crippen LogP contribution in [0.5, 0.6) is 0 Å². The van der Waals surface area contributed by atoms with Crippen LogP contribution in [-0.2, 0) is 4.79 Å². The molecule has 1 amide bonds. The van der Waals surface area contributed by atoms with Crippen molar-refractivity contribution in [3.63, 3.8) is 0 Å². The lowest BCUT2D eigenvalue weighted by atomic mass is 10.1. The number of carbonyl (C=O) groups is 1. The Morgan fingerprint density at radius 3 is 2.54 bits per heavy atom. The molecular weight excluding hydrogens is 307 g/mol. The van der Waals surface area contributed by atoms with Gasteiger partial charge >= 0.3 is 0 Å². The first-order chi connectivity index (χ1) is 11.3. The molecule has 1 rings (SSSR count). The molecule has 0 radical (unpaired) electrons. The average Bonchev–Trinajstić information content (AvgIpc) is 2.53. The fourth-order valence-corrected chi connectivity index (χ4v) is 2.04. The highest BCUT2D eigenvalue weighted by Crippen LogP contribution is 2.16. The minimum absolute atomic E-state index is 0.0201. The van der Waals surface area contributed by atoms with Gasteiger partial charge in [0.05, 0.1) is 12.6 Å². The molecule has 24 heavy (non-hydrogen) atoms. The number of aryl methyl sites for hydroxylation is 1. The third-order valence-corrected chi connectivity index (χ3v) is 3.60. The molecule has 0 fully saturated rings. The van der Waals surface area contributed by atoms with E-state index in [1.807, 2.05) is 33.8 Å². The number of guanidine groups is 1. The Hall–Kier alpha value is -2.11. The van der Waals surface area contributed by atoms with Gasteiger partial charge in [0.25, 0.3) is 0 Å². The zero-order valence-corrected chi connectivity index (χ0v) is 15.2. The number of hydrogen-bond acceptors (Lipinski definition) is 2. The number of carbonyl (C=O) groups excluding carboxylic acids is 1. The minimum Gasteiger partial charge on any atom is -0.357 e. The fourth-order valence-electron chi connectivity index (χ4n) is 2.04. The second-order valence-corrected chi connectivity index (χ2v) is 6.08. The van der Waals surface area contributed by atoms with Crippen molar-refractivity contribution in [3.05, 3.63) is 35.1 Å². The number of nitrogens with one attached hydrogen (secondary N) is 3. The molecule has 1 aromatic carbocycles. The molecule has 5 nitrogen and oxygen atoms in total. The van der Waals surface area contributed by atoms with Gasteiger partial charge in [-0.1, -0.05) is 26.0 Å². The summed E-state index contributed by atoms with van der Waals surface area (Å²) in [5.74, 6) is 0.424. The van der Waals surface area contributed by atoms with E-state index < -0.39 is 0 Å². The maximum absolute atomic E-state index is 13.7. The smallest absolute Gasteiger partial charge is 0.222 e. The van der Waals surface area contributed by atoms with Crippen molar-refractivity contribution in [2.24, 2.45) is 10.9 Å². The molecule has 1 aromatic rings. The van der Waals surface area contributed by atoms with Gasteiger partial charge in [-0.05, 0) is 38.0 Å². The van der Waals surface area contributed by atoms with Crippen LogP contribution < -0.4 is 16.0 Å². The number of rotatable bonds is 7. The van der Waals surface area contributed by atoms with Crippen molar-refractivity contribution in [1.82, 2.24) is 16.0 Å². The zero-order valence-electron chi connectivity index (χ0n) is 15.2. The van der Waals surface area contributed by atoms with Gasteiger partial charge in [0, 0.05) is 19.0 Å². The van der Waals surface area contributed by atoms with Gasteiger partial charge in [0.2, 0.25) is 5.91 Å². The third kappa shape index (κ3) is 6.56. The van der Waals surface area contributed by atoms with E-state index in [1.54, 1.807) is 19.1 Å². The Balaban J connectivity index is 2.62. The molecule has 0 spiro atoms. The standard InChI is InChI=1S/C18H29FN4O/c1-6-20-18(22-10-9-21-17(24)12(2)3)23-14(5)15-8-7-13(4)16(19)11-15/h7-8,11-12,14H,6,9-10H2,1-5H3,(H,21,24)(H2,20,22,23). The lowest BCUT2D eigenvalue weighted by Gasteiger charge is -2.18. The van der Waals surface area contributed by atoms with Crippen LogP contribution in [0.15, 0.2) is 23.2 Å². The van der Waals surface area contributed by atoms with Crippen LogP contribution in [0.4, 0.5) is 4.39 Å². The van der Waals surface area contributed by atoms with Crippen molar-refractivity contribution in [1.29, 1.82) is 0 Å². The largest absolute Gasteiger partial charge is 0.357 e. The summed E-state index contributed by atoms with van der Waals surface area (Å²) in [7, 11) is 0. The first kappa shape index (κ1) is 19.9.